The van der Waals surface area contributed by atoms with Crippen LogP contribution in [0.1, 0.15) is 36.3 Å². The van der Waals surface area contributed by atoms with Crippen molar-refractivity contribution in [1.29, 1.82) is 0 Å². The molecule has 1 heterocycles. The number of nitrogens with zero attached hydrogens (tertiary/aromatic N) is 1. The first kappa shape index (κ1) is 17.7. The lowest BCUT2D eigenvalue weighted by molar-refractivity contribution is -0.121. The number of benzene rings is 1. The van der Waals surface area contributed by atoms with Crippen LogP contribution in [0, 0.1) is 0 Å². The van der Waals surface area contributed by atoms with Gasteiger partial charge in [0.25, 0.3) is 0 Å². The summed E-state index contributed by atoms with van der Waals surface area (Å²) in [6.45, 7) is 7.99. The quantitative estimate of drug-likeness (QED) is 0.757. The third-order valence-electron chi connectivity index (χ3n) is 4.06. The molecule has 1 N–H and O–H groups in total. The van der Waals surface area contributed by atoms with Crippen LogP contribution in [0.3, 0.4) is 0 Å². The van der Waals surface area contributed by atoms with Gasteiger partial charge in [0.2, 0.25) is 5.91 Å². The minimum absolute atomic E-state index is 0.121. The highest BCUT2D eigenvalue weighted by Crippen LogP contribution is 2.13. The van der Waals surface area contributed by atoms with Crippen LogP contribution in [-0.4, -0.2) is 23.9 Å². The first-order chi connectivity index (χ1) is 11.2. The number of hydrogen-bond acceptors (Lipinski definition) is 3. The van der Waals surface area contributed by atoms with Gasteiger partial charge in [0.1, 0.15) is 0 Å². The third kappa shape index (κ3) is 5.81. The lowest BCUT2D eigenvalue weighted by atomic mass is 10.1. The molecule has 0 spiro atoms. The molecule has 0 saturated carbocycles. The lowest BCUT2D eigenvalue weighted by Gasteiger charge is -2.20. The minimum atomic E-state index is 0.121. The largest absolute Gasteiger partial charge is 0.352 e. The summed E-state index contributed by atoms with van der Waals surface area (Å²) in [5.41, 5.74) is 2.51. The van der Waals surface area contributed by atoms with Crippen molar-refractivity contribution in [1.82, 2.24) is 10.2 Å². The number of nitrogens with one attached hydrogen (secondary N) is 1. The highest BCUT2D eigenvalue weighted by molar-refractivity contribution is 7.09. The number of rotatable bonds is 9. The van der Waals surface area contributed by atoms with Crippen LogP contribution < -0.4 is 5.32 Å². The van der Waals surface area contributed by atoms with Crippen LogP contribution in [0.5, 0.6) is 0 Å². The Morgan fingerprint density at radius 1 is 1.09 bits per heavy atom. The van der Waals surface area contributed by atoms with Crippen molar-refractivity contribution in [2.24, 2.45) is 0 Å². The van der Waals surface area contributed by atoms with Gasteiger partial charge in [-0.05, 0) is 42.1 Å². The van der Waals surface area contributed by atoms with Gasteiger partial charge in [0.05, 0.1) is 0 Å². The molecule has 0 saturated heterocycles. The van der Waals surface area contributed by atoms with Crippen molar-refractivity contribution in [3.05, 3.63) is 57.8 Å². The number of hydrogen-bond donors (Lipinski definition) is 1. The lowest BCUT2D eigenvalue weighted by Crippen LogP contribution is -2.26. The van der Waals surface area contributed by atoms with Gasteiger partial charge in [-0.15, -0.1) is 11.3 Å². The van der Waals surface area contributed by atoms with Crippen molar-refractivity contribution >= 4 is 17.2 Å². The first-order valence-electron chi connectivity index (χ1n) is 8.31. The van der Waals surface area contributed by atoms with Gasteiger partial charge >= 0.3 is 0 Å². The van der Waals surface area contributed by atoms with Crippen molar-refractivity contribution in [3.63, 3.8) is 0 Å². The van der Waals surface area contributed by atoms with Crippen molar-refractivity contribution in [2.45, 2.75) is 39.8 Å². The second-order valence-electron chi connectivity index (χ2n) is 5.59. The zero-order chi connectivity index (χ0) is 16.5. The SMILES string of the molecule is CCN(CC)Cc1ccccc1CNC(=O)CCc1cccs1. The van der Waals surface area contributed by atoms with E-state index in [-0.39, 0.29) is 5.91 Å². The van der Waals surface area contributed by atoms with Gasteiger partial charge in [0.15, 0.2) is 0 Å². The van der Waals surface area contributed by atoms with E-state index in [1.807, 2.05) is 12.1 Å². The van der Waals surface area contributed by atoms with E-state index < -0.39 is 0 Å². The van der Waals surface area contributed by atoms with Crippen molar-refractivity contribution < 1.29 is 4.79 Å². The standard InChI is InChI=1S/C19H26N2OS/c1-3-21(4-2)15-17-9-6-5-8-16(17)14-20-19(22)12-11-18-10-7-13-23-18/h5-10,13H,3-4,11-12,14-15H2,1-2H3,(H,20,22). The summed E-state index contributed by atoms with van der Waals surface area (Å²) in [6.07, 6.45) is 1.38. The van der Waals surface area contributed by atoms with E-state index in [1.165, 1.54) is 16.0 Å². The Morgan fingerprint density at radius 3 is 2.48 bits per heavy atom. The summed E-state index contributed by atoms with van der Waals surface area (Å²) in [4.78, 5) is 15.7. The Kier molecular flexibility index (Phi) is 7.30. The maximum absolute atomic E-state index is 12.0. The van der Waals surface area contributed by atoms with Gasteiger partial charge in [-0.2, -0.15) is 0 Å². The summed E-state index contributed by atoms with van der Waals surface area (Å²) >= 11 is 1.71. The molecule has 4 heteroatoms. The molecule has 3 nitrogen and oxygen atoms in total. The Hall–Kier alpha value is -1.65. The fourth-order valence-electron chi connectivity index (χ4n) is 2.55. The van der Waals surface area contributed by atoms with Gasteiger partial charge in [0, 0.05) is 24.4 Å². The van der Waals surface area contributed by atoms with E-state index in [1.54, 1.807) is 11.3 Å². The molecule has 2 rings (SSSR count). The van der Waals surface area contributed by atoms with Gasteiger partial charge in [-0.1, -0.05) is 44.2 Å². The van der Waals surface area contributed by atoms with Crippen molar-refractivity contribution in [2.75, 3.05) is 13.1 Å². The molecule has 0 aliphatic carbocycles. The average molecular weight is 330 g/mol. The van der Waals surface area contributed by atoms with Crippen LogP contribution in [0.2, 0.25) is 0 Å². The number of thiophene rings is 1. The highest BCUT2D eigenvalue weighted by atomic mass is 32.1. The zero-order valence-electron chi connectivity index (χ0n) is 14.0. The topological polar surface area (TPSA) is 32.3 Å². The summed E-state index contributed by atoms with van der Waals surface area (Å²) < 4.78 is 0. The summed E-state index contributed by atoms with van der Waals surface area (Å²) in [5.74, 6) is 0.121. The van der Waals surface area contributed by atoms with E-state index in [0.29, 0.717) is 13.0 Å². The predicted molar refractivity (Wildman–Crippen MR) is 97.6 cm³/mol. The second kappa shape index (κ2) is 9.48. The zero-order valence-corrected chi connectivity index (χ0v) is 14.9. The summed E-state index contributed by atoms with van der Waals surface area (Å²) in [6, 6.07) is 12.5. The smallest absolute Gasteiger partial charge is 0.220 e. The van der Waals surface area contributed by atoms with E-state index in [9.17, 15) is 4.79 Å². The molecule has 0 fully saturated rings. The number of aryl methyl sites for hydroxylation is 1. The van der Waals surface area contributed by atoms with E-state index >= 15 is 0 Å². The molecule has 0 radical (unpaired) electrons. The molecular weight excluding hydrogens is 304 g/mol. The Labute approximate surface area is 143 Å². The summed E-state index contributed by atoms with van der Waals surface area (Å²) in [5, 5.41) is 5.11. The molecule has 0 aliphatic heterocycles. The predicted octanol–water partition coefficient (Wildman–Crippen LogP) is 3.84. The molecule has 0 unspecified atom stereocenters. The molecular formula is C19H26N2OS. The highest BCUT2D eigenvalue weighted by Gasteiger charge is 2.08. The molecule has 1 aromatic heterocycles. The third-order valence-corrected chi connectivity index (χ3v) is 5.00. The molecule has 23 heavy (non-hydrogen) atoms. The van der Waals surface area contributed by atoms with Crippen LogP contribution in [0.15, 0.2) is 41.8 Å². The second-order valence-corrected chi connectivity index (χ2v) is 6.62. The molecule has 124 valence electrons. The van der Waals surface area contributed by atoms with Crippen molar-refractivity contribution in [3.8, 4) is 0 Å². The molecule has 2 aromatic rings. The van der Waals surface area contributed by atoms with E-state index in [2.05, 4.69) is 53.7 Å². The van der Waals surface area contributed by atoms with Crippen LogP contribution in [0.4, 0.5) is 0 Å². The molecule has 0 aliphatic rings. The number of carbonyl (C=O) groups is 1. The molecule has 0 atom stereocenters. The number of amides is 1. The Bertz CT molecular complexity index is 591. The normalized spacial score (nSPS) is 10.9. The van der Waals surface area contributed by atoms with Crippen LogP contribution in [0.25, 0.3) is 0 Å². The minimum Gasteiger partial charge on any atom is -0.352 e. The van der Waals surface area contributed by atoms with Gasteiger partial charge < -0.3 is 5.32 Å². The maximum Gasteiger partial charge on any atom is 0.220 e. The monoisotopic (exact) mass is 330 g/mol. The Balaban J connectivity index is 1.86. The molecule has 1 amide bonds. The molecule has 1 aromatic carbocycles. The fourth-order valence-corrected chi connectivity index (χ4v) is 3.26. The summed E-state index contributed by atoms with van der Waals surface area (Å²) in [7, 11) is 0. The van der Waals surface area contributed by atoms with Gasteiger partial charge in [-0.3, -0.25) is 9.69 Å². The van der Waals surface area contributed by atoms with Gasteiger partial charge in [-0.25, -0.2) is 0 Å². The Morgan fingerprint density at radius 2 is 1.83 bits per heavy atom. The van der Waals surface area contributed by atoms with Crippen LogP contribution >= 0.6 is 11.3 Å². The average Bonchev–Trinajstić information content (AvgIpc) is 3.10. The van der Waals surface area contributed by atoms with E-state index in [0.717, 1.165) is 26.1 Å². The fraction of sp³-hybridized carbons (Fsp3) is 0.421. The van der Waals surface area contributed by atoms with E-state index in [4.69, 9.17) is 0 Å². The first-order valence-corrected chi connectivity index (χ1v) is 9.19. The number of carbonyl (C=O) groups excluding carboxylic acids is 1. The maximum atomic E-state index is 12.0. The van der Waals surface area contributed by atoms with Crippen LogP contribution in [-0.2, 0) is 24.3 Å². The molecule has 0 bridgehead atoms.